The van der Waals surface area contributed by atoms with Gasteiger partial charge >= 0.3 is 16.3 Å². The fourth-order valence-corrected chi connectivity index (χ4v) is 2.71. The minimum Gasteiger partial charge on any atom is -0.261 e. The summed E-state index contributed by atoms with van der Waals surface area (Å²) < 4.78 is 29.0. The highest BCUT2D eigenvalue weighted by Gasteiger charge is 2.31. The lowest BCUT2D eigenvalue weighted by Gasteiger charge is -2.11. The van der Waals surface area contributed by atoms with Gasteiger partial charge in [0.15, 0.2) is 0 Å². The van der Waals surface area contributed by atoms with Crippen molar-refractivity contribution in [2.75, 3.05) is 0 Å². The van der Waals surface area contributed by atoms with Crippen LogP contribution in [0, 0.1) is 17.0 Å². The third-order valence-electron chi connectivity index (χ3n) is 2.80. The van der Waals surface area contributed by atoms with Gasteiger partial charge in [-0.25, -0.2) is 0 Å². The summed E-state index contributed by atoms with van der Waals surface area (Å²) in [6.45, 7) is 1.81. The van der Waals surface area contributed by atoms with E-state index in [4.69, 9.17) is 4.18 Å². The largest absolute Gasteiger partial charge is 0.356 e. The van der Waals surface area contributed by atoms with E-state index in [2.05, 4.69) is 0 Å². The Balaban J connectivity index is 2.32. The molecule has 2 aromatic rings. The summed E-state index contributed by atoms with van der Waals surface area (Å²) in [6, 6.07) is 13.6. The molecule has 0 N–H and O–H groups in total. The fraction of sp³-hybridized carbons (Fsp3) is 0.143. The Hall–Kier alpha value is -2.25. The third-order valence-corrected chi connectivity index (χ3v) is 4.09. The Kier molecular flexibility index (Phi) is 4.35. The van der Waals surface area contributed by atoms with Crippen LogP contribution >= 0.6 is 0 Å². The van der Waals surface area contributed by atoms with Gasteiger partial charge in [-0.15, -0.1) is 0 Å². The molecular weight excluding hydrogens is 294 g/mol. The highest BCUT2D eigenvalue weighted by atomic mass is 32.2. The highest BCUT2D eigenvalue weighted by Crippen LogP contribution is 2.24. The van der Waals surface area contributed by atoms with Crippen molar-refractivity contribution >= 4 is 10.1 Å². The van der Waals surface area contributed by atoms with E-state index in [1.807, 2.05) is 0 Å². The lowest BCUT2D eigenvalue weighted by molar-refractivity contribution is -0.570. The van der Waals surface area contributed by atoms with Crippen LogP contribution in [0.5, 0.6) is 0 Å². The first kappa shape index (κ1) is 15.1. The molecule has 7 heteroatoms. The van der Waals surface area contributed by atoms with Crippen LogP contribution in [-0.4, -0.2) is 13.3 Å². The summed E-state index contributed by atoms with van der Waals surface area (Å²) >= 11 is 0. The van der Waals surface area contributed by atoms with Crippen LogP contribution in [0.4, 0.5) is 0 Å². The summed E-state index contributed by atoms with van der Waals surface area (Å²) in [4.78, 5) is 10.2. The quantitative estimate of drug-likeness (QED) is 0.367. The number of nitrogens with zero attached hydrogens (tertiary/aromatic N) is 1. The monoisotopic (exact) mass is 307 g/mol. The van der Waals surface area contributed by atoms with E-state index >= 15 is 0 Å². The molecule has 0 saturated heterocycles. The van der Waals surface area contributed by atoms with E-state index in [0.717, 1.165) is 5.56 Å². The smallest absolute Gasteiger partial charge is 0.261 e. The van der Waals surface area contributed by atoms with Gasteiger partial charge in [-0.05, 0) is 31.2 Å². The summed E-state index contributed by atoms with van der Waals surface area (Å²) in [6.07, 6.45) is -1.77. The first-order chi connectivity index (χ1) is 9.90. The number of hydrogen-bond acceptors (Lipinski definition) is 5. The molecule has 0 bridgehead atoms. The Morgan fingerprint density at radius 1 is 1.05 bits per heavy atom. The molecule has 0 saturated carbocycles. The molecule has 0 fully saturated rings. The van der Waals surface area contributed by atoms with Crippen LogP contribution in [0.1, 0.15) is 17.4 Å². The van der Waals surface area contributed by atoms with E-state index in [1.54, 1.807) is 37.3 Å². The van der Waals surface area contributed by atoms with Gasteiger partial charge in [0.25, 0.3) is 0 Å². The molecule has 0 amide bonds. The van der Waals surface area contributed by atoms with Gasteiger partial charge in [-0.3, -0.25) is 10.1 Å². The van der Waals surface area contributed by atoms with Crippen molar-refractivity contribution in [1.29, 1.82) is 0 Å². The number of nitro groups is 1. The zero-order valence-electron chi connectivity index (χ0n) is 11.2. The van der Waals surface area contributed by atoms with E-state index in [1.165, 1.54) is 24.3 Å². The maximum atomic E-state index is 12.1. The van der Waals surface area contributed by atoms with Gasteiger partial charge < -0.3 is 0 Å². The number of benzene rings is 2. The zero-order valence-corrected chi connectivity index (χ0v) is 12.0. The maximum Gasteiger partial charge on any atom is 0.356 e. The number of hydrogen-bond donors (Lipinski definition) is 0. The minimum atomic E-state index is -4.21. The molecule has 21 heavy (non-hydrogen) atoms. The summed E-state index contributed by atoms with van der Waals surface area (Å²) in [7, 11) is -4.21. The van der Waals surface area contributed by atoms with Gasteiger partial charge in [0.05, 0.1) is 15.4 Å². The molecule has 110 valence electrons. The van der Waals surface area contributed by atoms with Crippen LogP contribution in [0.25, 0.3) is 0 Å². The molecule has 0 aliphatic rings. The Bertz CT molecular complexity index is 726. The van der Waals surface area contributed by atoms with E-state index in [-0.39, 0.29) is 10.5 Å². The van der Waals surface area contributed by atoms with E-state index < -0.39 is 21.3 Å². The molecule has 2 rings (SSSR count). The Morgan fingerprint density at radius 2 is 1.62 bits per heavy atom. The Morgan fingerprint density at radius 3 is 2.14 bits per heavy atom. The van der Waals surface area contributed by atoms with Crippen molar-refractivity contribution in [2.24, 2.45) is 0 Å². The van der Waals surface area contributed by atoms with E-state index in [9.17, 15) is 18.5 Å². The molecule has 0 radical (unpaired) electrons. The second kappa shape index (κ2) is 6.02. The van der Waals surface area contributed by atoms with Gasteiger partial charge in [0.1, 0.15) is 0 Å². The van der Waals surface area contributed by atoms with Crippen LogP contribution in [0.3, 0.4) is 0 Å². The van der Waals surface area contributed by atoms with Crippen LogP contribution in [0.2, 0.25) is 0 Å². The number of rotatable bonds is 5. The minimum absolute atomic E-state index is 0.115. The van der Waals surface area contributed by atoms with Gasteiger partial charge in [-0.1, -0.05) is 35.9 Å². The lowest BCUT2D eigenvalue weighted by atomic mass is 10.2. The predicted octanol–water partition coefficient (Wildman–Crippen LogP) is 2.68. The van der Waals surface area contributed by atoms with Crippen LogP contribution < -0.4 is 0 Å². The van der Waals surface area contributed by atoms with Crippen molar-refractivity contribution < 1.29 is 17.5 Å². The van der Waals surface area contributed by atoms with Crippen molar-refractivity contribution in [3.05, 3.63) is 75.8 Å². The first-order valence-corrected chi connectivity index (χ1v) is 7.49. The SMILES string of the molecule is Cc1ccc(S(=O)(=O)OC(c2ccccc2)[N+](=O)[O-])cc1. The van der Waals surface area contributed by atoms with E-state index in [0.29, 0.717) is 0 Å². The van der Waals surface area contributed by atoms with Crippen LogP contribution in [-0.2, 0) is 14.3 Å². The van der Waals surface area contributed by atoms with Crippen molar-refractivity contribution in [2.45, 2.75) is 18.0 Å². The molecule has 2 aromatic carbocycles. The topological polar surface area (TPSA) is 86.5 Å². The molecule has 6 nitrogen and oxygen atoms in total. The average Bonchev–Trinajstić information content (AvgIpc) is 2.46. The van der Waals surface area contributed by atoms with Crippen molar-refractivity contribution in [3.8, 4) is 0 Å². The second-order valence-electron chi connectivity index (χ2n) is 4.41. The molecule has 1 atom stereocenters. The normalized spacial score (nSPS) is 12.8. The van der Waals surface area contributed by atoms with Crippen molar-refractivity contribution in [3.63, 3.8) is 0 Å². The average molecular weight is 307 g/mol. The summed E-state index contributed by atoms with van der Waals surface area (Å²) in [5.41, 5.74) is 1.04. The molecule has 0 aromatic heterocycles. The second-order valence-corrected chi connectivity index (χ2v) is 5.98. The maximum absolute atomic E-state index is 12.1. The predicted molar refractivity (Wildman–Crippen MR) is 75.6 cm³/mol. The van der Waals surface area contributed by atoms with Gasteiger partial charge in [0.2, 0.25) is 0 Å². The van der Waals surface area contributed by atoms with Gasteiger partial charge in [-0.2, -0.15) is 12.6 Å². The third kappa shape index (κ3) is 3.65. The zero-order chi connectivity index (χ0) is 15.5. The first-order valence-electron chi connectivity index (χ1n) is 6.08. The van der Waals surface area contributed by atoms with Gasteiger partial charge in [0, 0.05) is 0 Å². The Labute approximate surface area is 122 Å². The van der Waals surface area contributed by atoms with Crippen LogP contribution in [0.15, 0.2) is 59.5 Å². The molecule has 0 spiro atoms. The summed E-state index contributed by atoms with van der Waals surface area (Å²) in [5, 5.41) is 11.1. The fourth-order valence-electron chi connectivity index (χ4n) is 1.71. The standard InChI is InChI=1S/C14H13NO5S/c1-11-7-9-13(10-8-11)21(18,19)20-14(15(16)17)12-5-3-2-4-6-12/h2-10,14H,1H3. The molecule has 1 unspecified atom stereocenters. The molecule has 0 aliphatic carbocycles. The van der Waals surface area contributed by atoms with Crippen molar-refractivity contribution in [1.82, 2.24) is 0 Å². The lowest BCUT2D eigenvalue weighted by Crippen LogP contribution is -2.19. The molecule has 0 aliphatic heterocycles. The number of aryl methyl sites for hydroxylation is 1. The summed E-state index contributed by atoms with van der Waals surface area (Å²) in [5.74, 6) is 0. The highest BCUT2D eigenvalue weighted by molar-refractivity contribution is 7.86. The molecule has 0 heterocycles. The molecular formula is C14H13NO5S.